The van der Waals surface area contributed by atoms with Gasteiger partial charge >= 0.3 is 5.97 Å². The summed E-state index contributed by atoms with van der Waals surface area (Å²) in [6, 6.07) is 9.47. The Morgan fingerprint density at radius 1 is 1.03 bits per heavy atom. The summed E-state index contributed by atoms with van der Waals surface area (Å²) in [5, 5.41) is 8.68. The monoisotopic (exact) mass is 399 g/mol. The van der Waals surface area contributed by atoms with Gasteiger partial charge in [-0.3, -0.25) is 0 Å². The molecule has 0 bridgehead atoms. The minimum atomic E-state index is -1.08. The summed E-state index contributed by atoms with van der Waals surface area (Å²) in [6.07, 6.45) is 6.12. The quantitative estimate of drug-likeness (QED) is 0.465. The third kappa shape index (κ3) is 5.32. The molecule has 6 heteroatoms. The Hall–Kier alpha value is -2.94. The zero-order valence-corrected chi connectivity index (χ0v) is 16.3. The molecule has 1 aliphatic rings. The Labute approximate surface area is 169 Å². The lowest BCUT2D eigenvalue weighted by molar-refractivity contribution is 0.0734. The average molecular weight is 399 g/mol. The van der Waals surface area contributed by atoms with Crippen molar-refractivity contribution in [3.63, 3.8) is 0 Å². The maximum atomic E-state index is 13.6. The fourth-order valence-electron chi connectivity index (χ4n) is 3.59. The normalized spacial score (nSPS) is 18.7. The van der Waals surface area contributed by atoms with Crippen LogP contribution in [-0.4, -0.2) is 12.6 Å². The third-order valence-corrected chi connectivity index (χ3v) is 5.46. The number of carbonyl (C=O) groups excluding carboxylic acids is 1. The van der Waals surface area contributed by atoms with E-state index in [4.69, 9.17) is 14.7 Å². The molecule has 0 aromatic heterocycles. The van der Waals surface area contributed by atoms with Gasteiger partial charge in [-0.2, -0.15) is 5.26 Å². The van der Waals surface area contributed by atoms with Crippen molar-refractivity contribution in [1.29, 1.82) is 5.26 Å². The fraction of sp³-hybridized carbons (Fsp3) is 0.391. The van der Waals surface area contributed by atoms with E-state index in [0.717, 1.165) is 18.1 Å². The predicted molar refractivity (Wildman–Crippen MR) is 104 cm³/mol. The molecule has 4 nitrogen and oxygen atoms in total. The smallest absolute Gasteiger partial charge is 0.343 e. The van der Waals surface area contributed by atoms with Gasteiger partial charge in [-0.25, -0.2) is 13.6 Å². The number of carbonyl (C=O) groups is 1. The van der Waals surface area contributed by atoms with Crippen LogP contribution in [0.4, 0.5) is 8.78 Å². The molecule has 1 saturated carbocycles. The summed E-state index contributed by atoms with van der Waals surface area (Å²) in [7, 11) is 0. The molecule has 2 aromatic carbocycles. The SMILES string of the molecule is CC[C@H]1CC[C@H](COc2ccc(C(=O)Oc3cc(F)c(C#N)c(F)c3)cc2)CC1. The summed E-state index contributed by atoms with van der Waals surface area (Å²) >= 11 is 0. The van der Waals surface area contributed by atoms with Crippen LogP contribution in [0.1, 0.15) is 54.9 Å². The van der Waals surface area contributed by atoms with Gasteiger partial charge in [0, 0.05) is 12.1 Å². The lowest BCUT2D eigenvalue weighted by atomic mass is 9.81. The lowest BCUT2D eigenvalue weighted by Crippen LogP contribution is -2.19. The maximum Gasteiger partial charge on any atom is 0.343 e. The summed E-state index contributed by atoms with van der Waals surface area (Å²) in [6.45, 7) is 2.90. The van der Waals surface area contributed by atoms with Crippen molar-refractivity contribution >= 4 is 5.97 Å². The lowest BCUT2D eigenvalue weighted by Gasteiger charge is -2.27. The molecule has 0 amide bonds. The topological polar surface area (TPSA) is 59.3 Å². The predicted octanol–water partition coefficient (Wildman–Crippen LogP) is 5.65. The van der Waals surface area contributed by atoms with Gasteiger partial charge in [-0.05, 0) is 48.9 Å². The van der Waals surface area contributed by atoms with Gasteiger partial charge in [0.15, 0.2) is 0 Å². The zero-order valence-electron chi connectivity index (χ0n) is 16.3. The standard InChI is InChI=1S/C23H23F2NO3/c1-2-15-3-5-16(6-4-15)14-28-18-9-7-17(8-10-18)23(27)29-19-11-21(24)20(13-26)22(25)12-19/h7-12,15-16H,2-6,14H2,1H3/t15-,16-. The minimum absolute atomic E-state index is 0.228. The minimum Gasteiger partial charge on any atom is -0.493 e. The van der Waals surface area contributed by atoms with Crippen LogP contribution in [0, 0.1) is 34.8 Å². The Balaban J connectivity index is 1.55. The Morgan fingerprint density at radius 3 is 2.17 bits per heavy atom. The van der Waals surface area contributed by atoms with Crippen LogP contribution in [0.5, 0.6) is 11.5 Å². The molecule has 3 rings (SSSR count). The first-order chi connectivity index (χ1) is 14.0. The van der Waals surface area contributed by atoms with E-state index in [9.17, 15) is 13.6 Å². The molecule has 29 heavy (non-hydrogen) atoms. The van der Waals surface area contributed by atoms with Crippen LogP contribution < -0.4 is 9.47 Å². The number of hydrogen-bond donors (Lipinski definition) is 0. The number of ether oxygens (including phenoxy) is 2. The van der Waals surface area contributed by atoms with E-state index in [2.05, 4.69) is 6.92 Å². The Morgan fingerprint density at radius 2 is 1.62 bits per heavy atom. The largest absolute Gasteiger partial charge is 0.493 e. The molecule has 1 fully saturated rings. The van der Waals surface area contributed by atoms with Crippen LogP contribution in [0.2, 0.25) is 0 Å². The first-order valence-electron chi connectivity index (χ1n) is 9.84. The van der Waals surface area contributed by atoms with Crippen LogP contribution >= 0.6 is 0 Å². The fourth-order valence-corrected chi connectivity index (χ4v) is 3.59. The Kier molecular flexibility index (Phi) is 6.82. The number of nitriles is 1. The number of esters is 1. The van der Waals surface area contributed by atoms with Crippen molar-refractivity contribution in [1.82, 2.24) is 0 Å². The van der Waals surface area contributed by atoms with Crippen LogP contribution in [0.25, 0.3) is 0 Å². The van der Waals surface area contributed by atoms with E-state index in [-0.39, 0.29) is 11.3 Å². The van der Waals surface area contributed by atoms with Crippen molar-refractivity contribution in [2.75, 3.05) is 6.61 Å². The van der Waals surface area contributed by atoms with Gasteiger partial charge in [0.2, 0.25) is 0 Å². The van der Waals surface area contributed by atoms with Gasteiger partial charge in [0.25, 0.3) is 0 Å². The van der Waals surface area contributed by atoms with Crippen molar-refractivity contribution in [3.05, 3.63) is 59.2 Å². The van der Waals surface area contributed by atoms with Crippen molar-refractivity contribution in [2.24, 2.45) is 11.8 Å². The summed E-state index contributed by atoms with van der Waals surface area (Å²) in [5.74, 6) is -1.14. The molecule has 1 aliphatic carbocycles. The summed E-state index contributed by atoms with van der Waals surface area (Å²) < 4.78 is 38.1. The highest BCUT2D eigenvalue weighted by Crippen LogP contribution is 2.31. The zero-order chi connectivity index (χ0) is 20.8. The second-order valence-corrected chi connectivity index (χ2v) is 7.39. The first kappa shape index (κ1) is 20.8. The maximum absolute atomic E-state index is 13.6. The van der Waals surface area contributed by atoms with E-state index in [0.29, 0.717) is 18.3 Å². The van der Waals surface area contributed by atoms with Gasteiger partial charge in [0.05, 0.1) is 12.2 Å². The summed E-state index contributed by atoms with van der Waals surface area (Å²) in [5.41, 5.74) is -0.486. The van der Waals surface area contributed by atoms with Crippen molar-refractivity contribution in [3.8, 4) is 17.6 Å². The summed E-state index contributed by atoms with van der Waals surface area (Å²) in [4.78, 5) is 12.2. The van der Waals surface area contributed by atoms with Crippen LogP contribution in [0.15, 0.2) is 36.4 Å². The average Bonchev–Trinajstić information content (AvgIpc) is 2.73. The molecule has 152 valence electrons. The number of rotatable bonds is 6. The van der Waals surface area contributed by atoms with Crippen LogP contribution in [-0.2, 0) is 0 Å². The molecule has 2 aromatic rings. The third-order valence-electron chi connectivity index (χ3n) is 5.46. The van der Waals surface area contributed by atoms with Crippen molar-refractivity contribution in [2.45, 2.75) is 39.0 Å². The Bertz CT molecular complexity index is 874. The molecule has 0 atom stereocenters. The van der Waals surface area contributed by atoms with E-state index in [1.165, 1.54) is 38.2 Å². The molecular weight excluding hydrogens is 376 g/mol. The highest BCUT2D eigenvalue weighted by Gasteiger charge is 2.20. The molecule has 0 spiro atoms. The molecule has 0 saturated heterocycles. The highest BCUT2D eigenvalue weighted by atomic mass is 19.1. The molecule has 0 aliphatic heterocycles. The number of nitrogens with zero attached hydrogens (tertiary/aromatic N) is 1. The number of hydrogen-bond acceptors (Lipinski definition) is 4. The van der Waals surface area contributed by atoms with Gasteiger partial charge in [0.1, 0.15) is 34.8 Å². The number of benzene rings is 2. The van der Waals surface area contributed by atoms with E-state index >= 15 is 0 Å². The van der Waals surface area contributed by atoms with Crippen molar-refractivity contribution < 1.29 is 23.0 Å². The van der Waals surface area contributed by atoms with E-state index in [1.807, 2.05) is 0 Å². The molecular formula is C23H23F2NO3. The first-order valence-corrected chi connectivity index (χ1v) is 9.84. The highest BCUT2D eigenvalue weighted by molar-refractivity contribution is 5.91. The molecule has 0 unspecified atom stereocenters. The molecule has 0 heterocycles. The molecule has 0 N–H and O–H groups in total. The second kappa shape index (κ2) is 9.51. The number of halogens is 2. The van der Waals surface area contributed by atoms with Gasteiger partial charge in [-0.15, -0.1) is 0 Å². The van der Waals surface area contributed by atoms with Crippen LogP contribution in [0.3, 0.4) is 0 Å². The van der Waals surface area contributed by atoms with Gasteiger partial charge < -0.3 is 9.47 Å². The van der Waals surface area contributed by atoms with Gasteiger partial charge in [-0.1, -0.05) is 26.2 Å². The molecule has 0 radical (unpaired) electrons. The van der Waals surface area contributed by atoms with E-state index in [1.54, 1.807) is 24.3 Å². The second-order valence-electron chi connectivity index (χ2n) is 7.39. The van der Waals surface area contributed by atoms with E-state index < -0.39 is 23.2 Å².